The Morgan fingerprint density at radius 3 is 2.91 bits per heavy atom. The Morgan fingerprint density at radius 1 is 1.18 bits per heavy atom. The maximum Gasteiger partial charge on any atom is 0.255 e. The lowest BCUT2D eigenvalue weighted by Crippen LogP contribution is -2.42. The van der Waals surface area contributed by atoms with Crippen LogP contribution in [0, 0.1) is 0 Å². The highest BCUT2D eigenvalue weighted by Crippen LogP contribution is 2.32. The summed E-state index contributed by atoms with van der Waals surface area (Å²) in [7, 11) is 0. The molecule has 1 fully saturated rings. The minimum atomic E-state index is 0.226. The van der Waals surface area contributed by atoms with Crippen molar-refractivity contribution in [3.8, 4) is 0 Å². The lowest BCUT2D eigenvalue weighted by Gasteiger charge is -2.34. The molecular formula is C19H22N2O. The van der Waals surface area contributed by atoms with Gasteiger partial charge in [-0.15, -0.1) is 0 Å². The lowest BCUT2D eigenvalue weighted by atomic mass is 9.97. The van der Waals surface area contributed by atoms with Crippen molar-refractivity contribution in [3.05, 3.63) is 41.1 Å². The molecule has 2 heterocycles. The zero-order chi connectivity index (χ0) is 15.1. The number of hydrogen-bond acceptors (Lipinski definition) is 2. The molecule has 0 N–H and O–H groups in total. The molecule has 2 aliphatic rings. The molecule has 3 nitrogen and oxygen atoms in total. The van der Waals surface area contributed by atoms with Crippen LogP contribution in [0.5, 0.6) is 0 Å². The van der Waals surface area contributed by atoms with Gasteiger partial charge in [-0.2, -0.15) is 0 Å². The van der Waals surface area contributed by atoms with Crippen LogP contribution in [0.4, 0.5) is 0 Å². The van der Waals surface area contributed by atoms with Gasteiger partial charge in [0.05, 0.1) is 11.1 Å². The van der Waals surface area contributed by atoms with Crippen LogP contribution in [0.1, 0.15) is 54.2 Å². The Labute approximate surface area is 131 Å². The molecule has 1 amide bonds. The van der Waals surface area contributed by atoms with Crippen LogP contribution in [0.3, 0.4) is 0 Å². The maximum absolute atomic E-state index is 13.3. The molecule has 114 valence electrons. The minimum Gasteiger partial charge on any atom is -0.336 e. The number of rotatable bonds is 1. The monoisotopic (exact) mass is 294 g/mol. The van der Waals surface area contributed by atoms with Crippen LogP contribution >= 0.6 is 0 Å². The van der Waals surface area contributed by atoms with Crippen molar-refractivity contribution < 1.29 is 4.79 Å². The van der Waals surface area contributed by atoms with Crippen molar-refractivity contribution >= 4 is 16.8 Å². The summed E-state index contributed by atoms with van der Waals surface area (Å²) in [4.78, 5) is 20.2. The average molecular weight is 294 g/mol. The molecule has 1 unspecified atom stereocenters. The van der Waals surface area contributed by atoms with E-state index in [9.17, 15) is 4.79 Å². The number of hydrogen-bond donors (Lipinski definition) is 0. The van der Waals surface area contributed by atoms with Crippen molar-refractivity contribution in [2.24, 2.45) is 0 Å². The van der Waals surface area contributed by atoms with Crippen molar-refractivity contribution in [1.29, 1.82) is 0 Å². The topological polar surface area (TPSA) is 33.2 Å². The van der Waals surface area contributed by atoms with Crippen LogP contribution in [-0.4, -0.2) is 28.4 Å². The summed E-state index contributed by atoms with van der Waals surface area (Å²) >= 11 is 0. The summed E-state index contributed by atoms with van der Waals surface area (Å²) in [5.41, 5.74) is 4.26. The number of nitrogens with zero attached hydrogens (tertiary/aromatic N) is 2. The highest BCUT2D eigenvalue weighted by atomic mass is 16.2. The number of likely N-dealkylation sites (tertiary alicyclic amines) is 1. The molecule has 0 radical (unpaired) electrons. The third-order valence-corrected chi connectivity index (χ3v) is 5.20. The largest absolute Gasteiger partial charge is 0.336 e. The number of carbonyl (C=O) groups is 1. The first kappa shape index (κ1) is 13.7. The highest BCUT2D eigenvalue weighted by Gasteiger charge is 2.30. The fourth-order valence-electron chi connectivity index (χ4n) is 4.00. The Hall–Kier alpha value is -1.90. The molecule has 0 bridgehead atoms. The first-order chi connectivity index (χ1) is 10.8. The number of aryl methyl sites for hydroxylation is 1. The third-order valence-electron chi connectivity index (χ3n) is 5.20. The fourth-order valence-corrected chi connectivity index (χ4v) is 4.00. The number of benzene rings is 1. The predicted molar refractivity (Wildman–Crippen MR) is 88.1 cm³/mol. The number of piperidine rings is 1. The normalized spacial score (nSPS) is 21.1. The van der Waals surface area contributed by atoms with Gasteiger partial charge in [-0.25, -0.2) is 0 Å². The number of aromatic nitrogens is 1. The lowest BCUT2D eigenvalue weighted by molar-refractivity contribution is 0.0636. The smallest absolute Gasteiger partial charge is 0.255 e. The molecule has 1 aliphatic carbocycles. The summed E-state index contributed by atoms with van der Waals surface area (Å²) in [6.07, 6.45) is 6.61. The maximum atomic E-state index is 13.3. The summed E-state index contributed by atoms with van der Waals surface area (Å²) in [5.74, 6) is 0.226. The zero-order valence-corrected chi connectivity index (χ0v) is 13.1. The molecule has 1 aromatic heterocycles. The number of fused-ring (bicyclic) bond motifs is 2. The Kier molecular flexibility index (Phi) is 3.36. The second kappa shape index (κ2) is 5.38. The van der Waals surface area contributed by atoms with E-state index in [-0.39, 0.29) is 5.91 Å². The highest BCUT2D eigenvalue weighted by molar-refractivity contribution is 6.08. The van der Waals surface area contributed by atoms with E-state index in [0.717, 1.165) is 60.8 Å². The molecule has 4 rings (SSSR count). The van der Waals surface area contributed by atoms with E-state index < -0.39 is 0 Å². The van der Waals surface area contributed by atoms with Gasteiger partial charge in [-0.3, -0.25) is 9.78 Å². The summed E-state index contributed by atoms with van der Waals surface area (Å²) in [6.45, 7) is 3.08. The van der Waals surface area contributed by atoms with Crippen LogP contribution in [0.2, 0.25) is 0 Å². The number of pyridine rings is 1. The summed E-state index contributed by atoms with van der Waals surface area (Å²) in [6, 6.07) is 8.47. The van der Waals surface area contributed by atoms with E-state index in [1.165, 1.54) is 12.0 Å². The molecule has 1 aromatic carbocycles. The van der Waals surface area contributed by atoms with Gasteiger partial charge in [0.1, 0.15) is 0 Å². The predicted octanol–water partition coefficient (Wildman–Crippen LogP) is 3.74. The third kappa shape index (κ3) is 2.11. The van der Waals surface area contributed by atoms with Crippen molar-refractivity contribution in [1.82, 2.24) is 9.88 Å². The van der Waals surface area contributed by atoms with Crippen molar-refractivity contribution in [2.75, 3.05) is 6.54 Å². The van der Waals surface area contributed by atoms with Crippen LogP contribution in [0.15, 0.2) is 24.3 Å². The second-order valence-electron chi connectivity index (χ2n) is 6.63. The van der Waals surface area contributed by atoms with Crippen LogP contribution in [-0.2, 0) is 12.8 Å². The van der Waals surface area contributed by atoms with Gasteiger partial charge in [0.15, 0.2) is 0 Å². The van der Waals surface area contributed by atoms with Gasteiger partial charge >= 0.3 is 0 Å². The van der Waals surface area contributed by atoms with E-state index >= 15 is 0 Å². The van der Waals surface area contributed by atoms with E-state index in [1.54, 1.807) is 0 Å². The van der Waals surface area contributed by atoms with Crippen molar-refractivity contribution in [2.45, 2.75) is 51.5 Å². The van der Waals surface area contributed by atoms with Crippen LogP contribution < -0.4 is 0 Å². The molecule has 22 heavy (non-hydrogen) atoms. The summed E-state index contributed by atoms with van der Waals surface area (Å²) < 4.78 is 0. The van der Waals surface area contributed by atoms with Gasteiger partial charge in [-0.05, 0) is 57.1 Å². The van der Waals surface area contributed by atoms with Crippen molar-refractivity contribution in [3.63, 3.8) is 0 Å². The molecule has 1 aliphatic heterocycles. The van der Waals surface area contributed by atoms with Gasteiger partial charge < -0.3 is 4.90 Å². The molecule has 0 spiro atoms. The number of carbonyl (C=O) groups excluding carboxylic acids is 1. The van der Waals surface area contributed by atoms with Crippen LogP contribution in [0.25, 0.3) is 10.9 Å². The van der Waals surface area contributed by atoms with E-state index in [4.69, 9.17) is 4.98 Å². The number of para-hydroxylation sites is 1. The molecule has 2 aromatic rings. The first-order valence-electron chi connectivity index (χ1n) is 8.47. The SMILES string of the molecule is CC1CCCCN1C(=O)c1c2c(nc3ccccc13)CCC2. The standard InChI is InChI=1S/C19H22N2O/c1-13-7-4-5-12-21(13)19(22)18-14-8-2-3-10-16(14)20-17-11-6-9-15(17)18/h2-3,8,10,13H,4-7,9,11-12H2,1H3. The Morgan fingerprint density at radius 2 is 2.05 bits per heavy atom. The average Bonchev–Trinajstić information content (AvgIpc) is 3.00. The molecule has 0 saturated carbocycles. The molecule has 1 saturated heterocycles. The van der Waals surface area contributed by atoms with E-state index in [1.807, 2.05) is 18.2 Å². The van der Waals surface area contributed by atoms with E-state index in [2.05, 4.69) is 17.9 Å². The molecular weight excluding hydrogens is 272 g/mol. The molecule has 1 atom stereocenters. The fraction of sp³-hybridized carbons (Fsp3) is 0.474. The number of amides is 1. The second-order valence-corrected chi connectivity index (χ2v) is 6.63. The quantitative estimate of drug-likeness (QED) is 0.802. The van der Waals surface area contributed by atoms with Gasteiger partial charge in [0.2, 0.25) is 0 Å². The first-order valence-corrected chi connectivity index (χ1v) is 8.47. The minimum absolute atomic E-state index is 0.226. The Balaban J connectivity index is 1.88. The van der Waals surface area contributed by atoms with Gasteiger partial charge in [0.25, 0.3) is 5.91 Å². The Bertz CT molecular complexity index is 738. The summed E-state index contributed by atoms with van der Waals surface area (Å²) in [5, 5.41) is 1.03. The van der Waals surface area contributed by atoms with Gasteiger partial charge in [-0.1, -0.05) is 18.2 Å². The zero-order valence-electron chi connectivity index (χ0n) is 13.1. The molecule has 3 heteroatoms. The van der Waals surface area contributed by atoms with E-state index in [0.29, 0.717) is 6.04 Å². The van der Waals surface area contributed by atoms with Gasteiger partial charge in [0, 0.05) is 23.7 Å².